The third-order valence-electron chi connectivity index (χ3n) is 4.17. The van der Waals surface area contributed by atoms with E-state index in [9.17, 15) is 8.42 Å². The quantitative estimate of drug-likeness (QED) is 0.776. The van der Waals surface area contributed by atoms with Gasteiger partial charge in [0.05, 0.1) is 5.25 Å². The van der Waals surface area contributed by atoms with E-state index in [1.54, 1.807) is 11.2 Å². The summed E-state index contributed by atoms with van der Waals surface area (Å²) in [6.07, 6.45) is 3.57. The first-order valence-corrected chi connectivity index (χ1v) is 8.42. The van der Waals surface area contributed by atoms with Crippen LogP contribution in [0.25, 0.3) is 0 Å². The molecule has 1 N–H and O–H groups in total. The maximum Gasteiger partial charge on any atom is 0.218 e. The van der Waals surface area contributed by atoms with Crippen molar-refractivity contribution < 1.29 is 8.42 Å². The van der Waals surface area contributed by atoms with E-state index in [4.69, 9.17) is 0 Å². The summed E-state index contributed by atoms with van der Waals surface area (Å²) in [5.74, 6) is 0. The van der Waals surface area contributed by atoms with Crippen molar-refractivity contribution in [3.05, 3.63) is 0 Å². The van der Waals surface area contributed by atoms with Crippen molar-refractivity contribution in [2.24, 2.45) is 0 Å². The molecule has 2 aliphatic heterocycles. The number of piperidine rings is 1. The molecule has 2 fully saturated rings. The van der Waals surface area contributed by atoms with Gasteiger partial charge in [-0.25, -0.2) is 8.42 Å². The highest BCUT2D eigenvalue weighted by molar-refractivity contribution is 7.89. The Hall–Kier alpha value is -0.170. The van der Waals surface area contributed by atoms with Crippen molar-refractivity contribution in [3.63, 3.8) is 0 Å². The van der Waals surface area contributed by atoms with Crippen LogP contribution < -0.4 is 5.32 Å². The summed E-state index contributed by atoms with van der Waals surface area (Å²) < 4.78 is 26.5. The first kappa shape index (κ1) is 14.2. The van der Waals surface area contributed by atoms with Crippen LogP contribution in [0.3, 0.4) is 0 Å². The standard InChI is InChI=1S/C12H25N3O2S/c1-11-9-13-6-8-15(18(11,16)17)10-12-5-3-4-7-14(12)2/h11-13H,3-10H2,1-2H3. The summed E-state index contributed by atoms with van der Waals surface area (Å²) in [5.41, 5.74) is 0. The van der Waals surface area contributed by atoms with Gasteiger partial charge in [0.25, 0.3) is 0 Å². The van der Waals surface area contributed by atoms with E-state index in [0.717, 1.165) is 19.5 Å². The minimum absolute atomic E-state index is 0.311. The van der Waals surface area contributed by atoms with Crippen LogP contribution in [0, 0.1) is 0 Å². The number of nitrogens with one attached hydrogen (secondary N) is 1. The van der Waals surface area contributed by atoms with Gasteiger partial charge in [-0.1, -0.05) is 6.42 Å². The van der Waals surface area contributed by atoms with Gasteiger partial charge in [-0.3, -0.25) is 0 Å². The lowest BCUT2D eigenvalue weighted by Crippen LogP contribution is -2.48. The molecule has 2 rings (SSSR count). The lowest BCUT2D eigenvalue weighted by Gasteiger charge is -2.36. The third kappa shape index (κ3) is 3.04. The van der Waals surface area contributed by atoms with E-state index in [1.807, 2.05) is 0 Å². The van der Waals surface area contributed by atoms with E-state index < -0.39 is 10.0 Å². The Morgan fingerprint density at radius 1 is 1.28 bits per heavy atom. The zero-order valence-electron chi connectivity index (χ0n) is 11.4. The molecule has 0 amide bonds. The molecule has 0 saturated carbocycles. The van der Waals surface area contributed by atoms with Gasteiger partial charge in [0.1, 0.15) is 0 Å². The number of rotatable bonds is 2. The fourth-order valence-corrected chi connectivity index (χ4v) is 4.36. The third-order valence-corrected chi connectivity index (χ3v) is 6.41. The summed E-state index contributed by atoms with van der Waals surface area (Å²) in [6, 6.07) is 0.388. The van der Waals surface area contributed by atoms with Crippen molar-refractivity contribution in [2.75, 3.05) is 39.8 Å². The summed E-state index contributed by atoms with van der Waals surface area (Å²) >= 11 is 0. The van der Waals surface area contributed by atoms with Gasteiger partial charge in [0, 0.05) is 32.2 Å². The zero-order chi connectivity index (χ0) is 13.2. The fourth-order valence-electron chi connectivity index (χ4n) is 2.80. The summed E-state index contributed by atoms with van der Waals surface area (Å²) in [4.78, 5) is 2.31. The van der Waals surface area contributed by atoms with Crippen molar-refractivity contribution in [2.45, 2.75) is 37.5 Å². The van der Waals surface area contributed by atoms with Gasteiger partial charge < -0.3 is 10.2 Å². The van der Waals surface area contributed by atoms with E-state index in [-0.39, 0.29) is 5.25 Å². The molecule has 2 unspecified atom stereocenters. The first-order chi connectivity index (χ1) is 8.51. The molecular weight excluding hydrogens is 250 g/mol. The van der Waals surface area contributed by atoms with Crippen LogP contribution in [0.1, 0.15) is 26.2 Å². The molecule has 2 heterocycles. The second kappa shape index (κ2) is 5.86. The molecule has 0 spiro atoms. The van der Waals surface area contributed by atoms with Crippen molar-refractivity contribution in [1.82, 2.24) is 14.5 Å². The molecule has 2 atom stereocenters. The first-order valence-electron chi connectivity index (χ1n) is 6.91. The smallest absolute Gasteiger partial charge is 0.218 e. The Morgan fingerprint density at radius 2 is 2.06 bits per heavy atom. The molecule has 0 radical (unpaired) electrons. The largest absolute Gasteiger partial charge is 0.314 e. The van der Waals surface area contributed by atoms with Crippen LogP contribution in [0.2, 0.25) is 0 Å². The lowest BCUT2D eigenvalue weighted by molar-refractivity contribution is 0.160. The zero-order valence-corrected chi connectivity index (χ0v) is 12.2. The van der Waals surface area contributed by atoms with Crippen LogP contribution in [-0.2, 0) is 10.0 Å². The Balaban J connectivity index is 2.06. The molecule has 2 saturated heterocycles. The van der Waals surface area contributed by atoms with E-state index in [2.05, 4.69) is 17.3 Å². The predicted octanol–water partition coefficient (Wildman–Crippen LogP) is 0.0942. The Kier molecular flexibility index (Phi) is 4.64. The van der Waals surface area contributed by atoms with Gasteiger partial charge in [0.2, 0.25) is 10.0 Å². The highest BCUT2D eigenvalue weighted by atomic mass is 32.2. The normalized spacial score (nSPS) is 35.2. The topological polar surface area (TPSA) is 52.6 Å². The molecular formula is C12H25N3O2S. The number of hydrogen-bond donors (Lipinski definition) is 1. The van der Waals surface area contributed by atoms with Crippen LogP contribution in [0.5, 0.6) is 0 Å². The molecule has 5 nitrogen and oxygen atoms in total. The van der Waals surface area contributed by atoms with Crippen molar-refractivity contribution >= 4 is 10.0 Å². The average molecular weight is 275 g/mol. The van der Waals surface area contributed by atoms with Crippen LogP contribution in [-0.4, -0.2) is 68.7 Å². The number of hydrogen-bond acceptors (Lipinski definition) is 4. The number of sulfonamides is 1. The molecule has 2 aliphatic rings. The fraction of sp³-hybridized carbons (Fsp3) is 1.00. The number of likely N-dealkylation sites (tertiary alicyclic amines) is 1. The van der Waals surface area contributed by atoms with Gasteiger partial charge in [-0.2, -0.15) is 4.31 Å². The second-order valence-corrected chi connectivity index (χ2v) is 7.90. The van der Waals surface area contributed by atoms with Crippen LogP contribution in [0.15, 0.2) is 0 Å². The van der Waals surface area contributed by atoms with Crippen molar-refractivity contribution in [1.29, 1.82) is 0 Å². The molecule has 18 heavy (non-hydrogen) atoms. The monoisotopic (exact) mass is 275 g/mol. The average Bonchev–Trinajstić information content (AvgIpc) is 2.45. The van der Waals surface area contributed by atoms with Crippen molar-refractivity contribution in [3.8, 4) is 0 Å². The highest BCUT2D eigenvalue weighted by Crippen LogP contribution is 2.19. The molecule has 6 heteroatoms. The number of likely N-dealkylation sites (N-methyl/N-ethyl adjacent to an activating group) is 1. The molecule has 106 valence electrons. The summed E-state index contributed by atoms with van der Waals surface area (Å²) in [7, 11) is -1.01. The number of nitrogens with zero attached hydrogens (tertiary/aromatic N) is 2. The Bertz CT molecular complexity index is 372. The maximum atomic E-state index is 12.4. The van der Waals surface area contributed by atoms with Gasteiger partial charge in [-0.15, -0.1) is 0 Å². The van der Waals surface area contributed by atoms with E-state index in [1.165, 1.54) is 12.8 Å². The molecule has 0 aromatic rings. The Labute approximate surface area is 111 Å². The minimum atomic E-state index is -3.12. The Morgan fingerprint density at radius 3 is 2.78 bits per heavy atom. The summed E-state index contributed by atoms with van der Waals surface area (Å²) in [6.45, 7) is 5.48. The molecule has 0 aromatic heterocycles. The van der Waals surface area contributed by atoms with E-state index in [0.29, 0.717) is 25.7 Å². The lowest BCUT2D eigenvalue weighted by atomic mass is 10.0. The second-order valence-electron chi connectivity index (χ2n) is 5.55. The van der Waals surface area contributed by atoms with Gasteiger partial charge >= 0.3 is 0 Å². The maximum absolute atomic E-state index is 12.4. The van der Waals surface area contributed by atoms with Crippen LogP contribution in [0.4, 0.5) is 0 Å². The summed E-state index contributed by atoms with van der Waals surface area (Å²) in [5, 5.41) is 2.89. The highest BCUT2D eigenvalue weighted by Gasteiger charge is 2.33. The van der Waals surface area contributed by atoms with Crippen LogP contribution >= 0.6 is 0 Å². The van der Waals surface area contributed by atoms with E-state index >= 15 is 0 Å². The molecule has 0 aliphatic carbocycles. The predicted molar refractivity (Wildman–Crippen MR) is 73.1 cm³/mol. The SMILES string of the molecule is CC1CNCCN(CC2CCCCN2C)S1(=O)=O. The molecule has 0 bridgehead atoms. The van der Waals surface area contributed by atoms with Gasteiger partial charge in [-0.05, 0) is 33.4 Å². The van der Waals surface area contributed by atoms with Gasteiger partial charge in [0.15, 0.2) is 0 Å². The minimum Gasteiger partial charge on any atom is -0.314 e. The molecule has 0 aromatic carbocycles.